The van der Waals surface area contributed by atoms with Crippen LogP contribution in [0.1, 0.15) is 25.0 Å². The average Bonchev–Trinajstić information content (AvgIpc) is 3.56. The maximum absolute atomic E-state index is 9.39. The van der Waals surface area contributed by atoms with Crippen LogP contribution in [0, 0.1) is 29.4 Å². The summed E-state index contributed by atoms with van der Waals surface area (Å²) < 4.78 is 3.96. The van der Waals surface area contributed by atoms with E-state index in [4.69, 9.17) is 0 Å². The largest absolute Gasteiger partial charge is 0 e. The molecule has 3 heterocycles. The molecule has 8 aromatic rings. The van der Waals surface area contributed by atoms with Crippen LogP contribution in [0.4, 0.5) is 0 Å². The van der Waals surface area contributed by atoms with Crippen molar-refractivity contribution in [3.8, 4) is 50.8 Å². The minimum absolute atomic E-state index is 0. The van der Waals surface area contributed by atoms with Crippen LogP contribution >= 0.6 is 11.3 Å². The summed E-state index contributed by atoms with van der Waals surface area (Å²) in [4.78, 5) is 9.32. The summed E-state index contributed by atoms with van der Waals surface area (Å²) in [6.45, 7) is 4.51. The molecular formula is C48H41GeIrN3S-2. The minimum Gasteiger partial charge on any atom is 0 e. The minimum atomic E-state index is -1.85. The van der Waals surface area contributed by atoms with Crippen molar-refractivity contribution in [3.63, 3.8) is 0 Å². The van der Waals surface area contributed by atoms with Crippen LogP contribution in [-0.4, -0.2) is 23.2 Å². The molecule has 0 aliphatic carbocycles. The standard InChI is InChI=1S/C27H22NS.C21H19GeN2.Ir/c1-18(2)15-19-13-14-28-25(16-19)23-10-6-9-22-24-17-21(20-7-4-3-5-8-20)11-12-26(24)29-27(22)23;1-22(2,3)19-11-12-21(24-15-19)17-9-10-18(14-23)20(13-17)16-7-5-4-6-8-16;/h3-9,11-14,16-18H,15H2,1-2H3;4-8,10-13,15H,1-3H3;/q2*-1;. The number of fused-ring (bicyclic) bond motifs is 3. The van der Waals surface area contributed by atoms with E-state index in [9.17, 15) is 5.26 Å². The molecule has 0 saturated heterocycles. The van der Waals surface area contributed by atoms with E-state index >= 15 is 0 Å². The number of nitriles is 1. The third-order valence-corrected chi connectivity index (χ3v) is 14.8. The molecule has 0 aliphatic rings. The van der Waals surface area contributed by atoms with Gasteiger partial charge in [0.1, 0.15) is 0 Å². The predicted molar refractivity (Wildman–Crippen MR) is 227 cm³/mol. The molecule has 3 aromatic heterocycles. The molecule has 3 nitrogen and oxygen atoms in total. The molecule has 0 saturated carbocycles. The topological polar surface area (TPSA) is 49.6 Å². The van der Waals surface area contributed by atoms with E-state index in [1.54, 1.807) is 6.07 Å². The van der Waals surface area contributed by atoms with Crippen molar-refractivity contribution in [1.82, 2.24) is 9.97 Å². The second-order valence-electron chi connectivity index (χ2n) is 14.8. The first-order valence-electron chi connectivity index (χ1n) is 18.0. The molecule has 0 N–H and O–H groups in total. The predicted octanol–water partition coefficient (Wildman–Crippen LogP) is 12.4. The number of rotatable bonds is 7. The first kappa shape index (κ1) is 39.0. The van der Waals surface area contributed by atoms with Crippen molar-refractivity contribution in [1.29, 1.82) is 5.26 Å². The molecule has 54 heavy (non-hydrogen) atoms. The first-order chi connectivity index (χ1) is 25.7. The van der Waals surface area contributed by atoms with Crippen molar-refractivity contribution in [2.45, 2.75) is 37.5 Å². The molecule has 1 radical (unpaired) electrons. The Bertz CT molecular complexity index is 2550. The number of aromatic nitrogens is 2. The molecule has 0 aliphatic heterocycles. The van der Waals surface area contributed by atoms with Gasteiger partial charge in [0.25, 0.3) is 0 Å². The third-order valence-electron chi connectivity index (χ3n) is 9.32. The third kappa shape index (κ3) is 8.81. The van der Waals surface area contributed by atoms with Gasteiger partial charge in [-0.15, -0.1) is 23.8 Å². The van der Waals surface area contributed by atoms with Crippen molar-refractivity contribution in [2.75, 3.05) is 0 Å². The Kier molecular flexibility index (Phi) is 12.4. The van der Waals surface area contributed by atoms with E-state index in [1.165, 1.54) is 41.3 Å². The van der Waals surface area contributed by atoms with Crippen LogP contribution < -0.4 is 4.40 Å². The molecule has 5 aromatic carbocycles. The molecule has 6 heteroatoms. The van der Waals surface area contributed by atoms with Gasteiger partial charge in [-0.3, -0.25) is 0 Å². The van der Waals surface area contributed by atoms with E-state index in [0.29, 0.717) is 11.5 Å². The van der Waals surface area contributed by atoms with Gasteiger partial charge in [0.2, 0.25) is 0 Å². The van der Waals surface area contributed by atoms with Gasteiger partial charge in [0, 0.05) is 31.0 Å². The van der Waals surface area contributed by atoms with Gasteiger partial charge in [0.15, 0.2) is 0 Å². The summed E-state index contributed by atoms with van der Waals surface area (Å²) in [5, 5.41) is 12.0. The van der Waals surface area contributed by atoms with Crippen LogP contribution in [-0.2, 0) is 26.5 Å². The van der Waals surface area contributed by atoms with Crippen LogP contribution in [0.25, 0.3) is 64.9 Å². The van der Waals surface area contributed by atoms with E-state index in [0.717, 1.165) is 40.1 Å². The number of nitrogens with zero attached hydrogens (tertiary/aromatic N) is 3. The zero-order valence-corrected chi connectivity index (χ0v) is 36.5. The molecule has 0 spiro atoms. The maximum atomic E-state index is 9.39. The van der Waals surface area contributed by atoms with Crippen LogP contribution in [0.2, 0.25) is 17.3 Å². The summed E-state index contributed by atoms with van der Waals surface area (Å²) in [6, 6.07) is 52.9. The van der Waals surface area contributed by atoms with Gasteiger partial charge in [-0.05, 0) is 57.4 Å². The van der Waals surface area contributed by atoms with Gasteiger partial charge in [0.05, 0.1) is 0 Å². The SMILES string of the molecule is CC(C)Cc1ccnc(-c2[c-]ccc3c2sc2ccc(-c4ccccc4)cc23)c1.[CH3][Ge]([CH3])([CH3])[c]1ccc(-c2[c-]cc(C#N)c(-c3ccccc3)c2)nc1.[Ir]. The Hall–Kier alpha value is -4.70. The molecule has 0 atom stereocenters. The summed E-state index contributed by atoms with van der Waals surface area (Å²) in [6.07, 6.45) is 5.00. The molecular weight excluding hydrogens is 915 g/mol. The summed E-state index contributed by atoms with van der Waals surface area (Å²) in [5.74, 6) is 7.71. The van der Waals surface area contributed by atoms with Crippen LogP contribution in [0.3, 0.4) is 0 Å². The zero-order valence-electron chi connectivity index (χ0n) is 31.1. The molecule has 269 valence electrons. The Balaban J connectivity index is 0.000000184. The van der Waals surface area contributed by atoms with Gasteiger partial charge in [-0.1, -0.05) is 67.3 Å². The Morgan fingerprint density at radius 2 is 1.48 bits per heavy atom. The van der Waals surface area contributed by atoms with Gasteiger partial charge in [-0.25, -0.2) is 0 Å². The number of pyridine rings is 2. The fourth-order valence-corrected chi connectivity index (χ4v) is 9.90. The van der Waals surface area contributed by atoms with Crippen molar-refractivity contribution < 1.29 is 20.1 Å². The van der Waals surface area contributed by atoms with Crippen LogP contribution in [0.5, 0.6) is 0 Å². The fraction of sp³-hybridized carbons (Fsp3) is 0.146. The van der Waals surface area contributed by atoms with E-state index in [-0.39, 0.29) is 20.1 Å². The molecule has 8 rings (SSSR count). The first-order valence-corrected chi connectivity index (χ1v) is 26.2. The zero-order chi connectivity index (χ0) is 37.0. The Labute approximate surface area is 339 Å². The van der Waals surface area contributed by atoms with E-state index < -0.39 is 13.3 Å². The smallest absolute Gasteiger partial charge is 0 e. The van der Waals surface area contributed by atoms with Crippen molar-refractivity contribution in [2.24, 2.45) is 5.92 Å². The molecule has 0 unspecified atom stereocenters. The van der Waals surface area contributed by atoms with Gasteiger partial charge < -0.3 is 4.98 Å². The second-order valence-corrected chi connectivity index (χ2v) is 26.5. The molecule has 0 fully saturated rings. The number of benzene rings is 5. The van der Waals surface area contributed by atoms with E-state index in [1.807, 2.05) is 66.2 Å². The fourth-order valence-electron chi connectivity index (χ4n) is 6.54. The van der Waals surface area contributed by atoms with Crippen molar-refractivity contribution in [3.05, 3.63) is 163 Å². The summed E-state index contributed by atoms with van der Waals surface area (Å²) in [7, 11) is 0. The van der Waals surface area contributed by atoms with Crippen LogP contribution in [0.15, 0.2) is 140 Å². The average molecular weight is 957 g/mol. The van der Waals surface area contributed by atoms with Crippen molar-refractivity contribution >= 4 is 49.2 Å². The Morgan fingerprint density at radius 3 is 2.15 bits per heavy atom. The normalized spacial score (nSPS) is 11.1. The number of thiophene rings is 1. The van der Waals surface area contributed by atoms with Gasteiger partial charge in [-0.2, -0.15) is 11.3 Å². The quantitative estimate of drug-likeness (QED) is 0.118. The second kappa shape index (κ2) is 17.2. The number of hydrogen-bond donors (Lipinski definition) is 0. The Morgan fingerprint density at radius 1 is 0.741 bits per heavy atom. The summed E-state index contributed by atoms with van der Waals surface area (Å²) >= 11 is -0.0161. The molecule has 0 amide bonds. The molecule has 0 bridgehead atoms. The monoisotopic (exact) mass is 958 g/mol. The number of hydrogen-bond acceptors (Lipinski definition) is 4. The maximum Gasteiger partial charge on any atom is 0 e. The van der Waals surface area contributed by atoms with E-state index in [2.05, 4.69) is 138 Å². The summed E-state index contributed by atoms with van der Waals surface area (Å²) in [5.41, 5.74) is 10.4. The van der Waals surface area contributed by atoms with Gasteiger partial charge >= 0.3 is 146 Å².